The predicted molar refractivity (Wildman–Crippen MR) is 65.2 cm³/mol. The van der Waals surface area contributed by atoms with E-state index in [4.69, 9.17) is 5.11 Å². The van der Waals surface area contributed by atoms with Crippen LogP contribution in [0.5, 0.6) is 0 Å². The first-order chi connectivity index (χ1) is 7.26. The molecule has 0 saturated heterocycles. The van der Waals surface area contributed by atoms with Crippen LogP contribution in [0, 0.1) is 11.8 Å². The molecule has 5 nitrogen and oxygen atoms in total. The van der Waals surface area contributed by atoms with Crippen LogP contribution in [-0.4, -0.2) is 32.7 Å². The van der Waals surface area contributed by atoms with Crippen LogP contribution in [0.2, 0.25) is 0 Å². The minimum absolute atomic E-state index is 0.180. The molecular weight excluding hydrogens is 228 g/mol. The molecule has 0 amide bonds. The summed E-state index contributed by atoms with van der Waals surface area (Å²) >= 11 is 0. The summed E-state index contributed by atoms with van der Waals surface area (Å²) in [5.74, 6) is 0.596. The lowest BCUT2D eigenvalue weighted by Crippen LogP contribution is -2.45. The fourth-order valence-corrected chi connectivity index (χ4v) is 2.51. The van der Waals surface area contributed by atoms with Gasteiger partial charge in [0.25, 0.3) is 10.2 Å². The molecule has 0 aromatic heterocycles. The highest BCUT2D eigenvalue weighted by Crippen LogP contribution is 2.04. The SMILES string of the molecule is CC(C)CNS(=O)(=O)NC(CO)CC(C)C. The average molecular weight is 252 g/mol. The van der Waals surface area contributed by atoms with Gasteiger partial charge in [-0.3, -0.25) is 0 Å². The molecule has 0 heterocycles. The molecule has 98 valence electrons. The molecule has 0 aliphatic rings. The molecule has 0 spiro atoms. The molecule has 0 aromatic carbocycles. The molecule has 0 saturated carbocycles. The molecule has 0 aliphatic heterocycles. The van der Waals surface area contributed by atoms with Gasteiger partial charge in [0.1, 0.15) is 0 Å². The summed E-state index contributed by atoms with van der Waals surface area (Å²) in [6.07, 6.45) is 0.624. The van der Waals surface area contributed by atoms with Gasteiger partial charge in [0.2, 0.25) is 0 Å². The van der Waals surface area contributed by atoms with Crippen LogP contribution in [0.4, 0.5) is 0 Å². The standard InChI is InChI=1S/C10H24N2O3S/c1-8(2)5-10(7-13)12-16(14,15)11-6-9(3)4/h8-13H,5-7H2,1-4H3. The van der Waals surface area contributed by atoms with Gasteiger partial charge in [0.15, 0.2) is 0 Å². The Morgan fingerprint density at radius 3 is 2.06 bits per heavy atom. The first-order valence-corrected chi connectivity index (χ1v) is 7.13. The smallest absolute Gasteiger partial charge is 0.277 e. The summed E-state index contributed by atoms with van der Waals surface area (Å²) in [6.45, 7) is 8.05. The molecule has 0 bridgehead atoms. The second kappa shape index (κ2) is 7.21. The zero-order chi connectivity index (χ0) is 12.8. The summed E-state index contributed by atoms with van der Waals surface area (Å²) in [5.41, 5.74) is 0. The van der Waals surface area contributed by atoms with Gasteiger partial charge in [0.05, 0.1) is 6.61 Å². The first kappa shape index (κ1) is 15.8. The van der Waals surface area contributed by atoms with Crippen molar-refractivity contribution in [2.45, 2.75) is 40.2 Å². The number of aliphatic hydroxyl groups excluding tert-OH is 1. The van der Waals surface area contributed by atoms with E-state index in [9.17, 15) is 8.42 Å². The molecule has 16 heavy (non-hydrogen) atoms. The highest BCUT2D eigenvalue weighted by Gasteiger charge is 2.17. The number of rotatable bonds is 8. The van der Waals surface area contributed by atoms with Gasteiger partial charge in [-0.1, -0.05) is 27.7 Å². The highest BCUT2D eigenvalue weighted by atomic mass is 32.2. The maximum Gasteiger partial charge on any atom is 0.277 e. The molecule has 0 aliphatic carbocycles. The predicted octanol–water partition coefficient (Wildman–Crippen LogP) is 0.473. The fraction of sp³-hybridized carbons (Fsp3) is 1.00. The molecule has 0 aromatic rings. The normalized spacial score (nSPS) is 14.7. The van der Waals surface area contributed by atoms with E-state index in [0.717, 1.165) is 0 Å². The van der Waals surface area contributed by atoms with Crippen molar-refractivity contribution in [3.8, 4) is 0 Å². The summed E-state index contributed by atoms with van der Waals surface area (Å²) in [6, 6.07) is -0.412. The number of aliphatic hydroxyl groups is 1. The van der Waals surface area contributed by atoms with Crippen molar-refractivity contribution in [2.24, 2.45) is 11.8 Å². The van der Waals surface area contributed by atoms with Crippen LogP contribution in [0.1, 0.15) is 34.1 Å². The van der Waals surface area contributed by atoms with Gasteiger partial charge in [-0.05, 0) is 18.3 Å². The minimum Gasteiger partial charge on any atom is -0.395 e. The Hall–Kier alpha value is -0.170. The van der Waals surface area contributed by atoms with Crippen LogP contribution in [-0.2, 0) is 10.2 Å². The molecule has 3 N–H and O–H groups in total. The Balaban J connectivity index is 4.21. The topological polar surface area (TPSA) is 78.4 Å². The lowest BCUT2D eigenvalue weighted by Gasteiger charge is -2.19. The lowest BCUT2D eigenvalue weighted by atomic mass is 10.1. The third kappa shape index (κ3) is 8.04. The third-order valence-electron chi connectivity index (χ3n) is 1.98. The van der Waals surface area contributed by atoms with Gasteiger partial charge in [-0.25, -0.2) is 4.72 Å². The molecule has 6 heteroatoms. The minimum atomic E-state index is -3.49. The molecule has 1 atom stereocenters. The Kier molecular flexibility index (Phi) is 7.14. The van der Waals surface area contributed by atoms with Crippen LogP contribution >= 0.6 is 0 Å². The van der Waals surface area contributed by atoms with Gasteiger partial charge < -0.3 is 5.11 Å². The van der Waals surface area contributed by atoms with E-state index in [-0.39, 0.29) is 12.5 Å². The summed E-state index contributed by atoms with van der Waals surface area (Å²) in [7, 11) is -3.49. The highest BCUT2D eigenvalue weighted by molar-refractivity contribution is 7.87. The van der Waals surface area contributed by atoms with Crippen molar-refractivity contribution in [2.75, 3.05) is 13.2 Å². The van der Waals surface area contributed by atoms with Crippen LogP contribution in [0.15, 0.2) is 0 Å². The van der Waals surface area contributed by atoms with Crippen molar-refractivity contribution >= 4 is 10.2 Å². The van der Waals surface area contributed by atoms with Gasteiger partial charge in [0, 0.05) is 12.6 Å². The summed E-state index contributed by atoms with van der Waals surface area (Å²) in [5, 5.41) is 9.06. The van der Waals surface area contributed by atoms with Crippen molar-refractivity contribution in [3.05, 3.63) is 0 Å². The number of hydrogen-bond acceptors (Lipinski definition) is 3. The molecular formula is C10H24N2O3S. The van der Waals surface area contributed by atoms with E-state index >= 15 is 0 Å². The van der Waals surface area contributed by atoms with Gasteiger partial charge in [-0.2, -0.15) is 13.1 Å². The van der Waals surface area contributed by atoms with Crippen molar-refractivity contribution in [1.29, 1.82) is 0 Å². The van der Waals surface area contributed by atoms with Crippen LogP contribution < -0.4 is 9.44 Å². The molecule has 0 rings (SSSR count). The second-order valence-electron chi connectivity index (χ2n) is 4.87. The summed E-state index contributed by atoms with van der Waals surface area (Å²) in [4.78, 5) is 0. The monoisotopic (exact) mass is 252 g/mol. The first-order valence-electron chi connectivity index (χ1n) is 5.64. The lowest BCUT2D eigenvalue weighted by molar-refractivity contribution is 0.239. The van der Waals surface area contributed by atoms with Crippen LogP contribution in [0.25, 0.3) is 0 Å². The van der Waals surface area contributed by atoms with E-state index in [1.807, 2.05) is 27.7 Å². The van der Waals surface area contributed by atoms with E-state index in [1.165, 1.54) is 0 Å². The van der Waals surface area contributed by atoms with Gasteiger partial charge >= 0.3 is 0 Å². The number of nitrogens with one attached hydrogen (secondary N) is 2. The molecule has 1 unspecified atom stereocenters. The maximum absolute atomic E-state index is 11.6. The zero-order valence-electron chi connectivity index (χ0n) is 10.5. The Bertz CT molecular complexity index is 276. The van der Waals surface area contributed by atoms with E-state index in [2.05, 4.69) is 9.44 Å². The van der Waals surface area contributed by atoms with Crippen LogP contribution in [0.3, 0.4) is 0 Å². The molecule has 0 fully saturated rings. The molecule has 0 radical (unpaired) electrons. The van der Waals surface area contributed by atoms with E-state index in [0.29, 0.717) is 18.9 Å². The Morgan fingerprint density at radius 2 is 1.69 bits per heavy atom. The van der Waals surface area contributed by atoms with Crippen molar-refractivity contribution in [3.63, 3.8) is 0 Å². The quantitative estimate of drug-likeness (QED) is 0.588. The van der Waals surface area contributed by atoms with Crippen molar-refractivity contribution < 1.29 is 13.5 Å². The summed E-state index contributed by atoms with van der Waals surface area (Å²) < 4.78 is 28.0. The Morgan fingerprint density at radius 1 is 1.12 bits per heavy atom. The zero-order valence-corrected chi connectivity index (χ0v) is 11.3. The largest absolute Gasteiger partial charge is 0.395 e. The van der Waals surface area contributed by atoms with E-state index in [1.54, 1.807) is 0 Å². The number of hydrogen-bond donors (Lipinski definition) is 3. The third-order valence-corrected chi connectivity index (χ3v) is 3.17. The average Bonchev–Trinajstić information content (AvgIpc) is 2.13. The van der Waals surface area contributed by atoms with E-state index < -0.39 is 16.3 Å². The maximum atomic E-state index is 11.6. The van der Waals surface area contributed by atoms with Gasteiger partial charge in [-0.15, -0.1) is 0 Å². The second-order valence-corrected chi connectivity index (χ2v) is 6.40. The van der Waals surface area contributed by atoms with Crippen molar-refractivity contribution in [1.82, 2.24) is 9.44 Å². The fourth-order valence-electron chi connectivity index (χ4n) is 1.27. The Labute approximate surface area is 98.8 Å².